The highest BCUT2D eigenvalue weighted by Gasteiger charge is 2.38. The Morgan fingerprint density at radius 1 is 1.19 bits per heavy atom. The first-order valence-electron chi connectivity index (χ1n) is 5.66. The molecular weight excluding hydrogens is 222 g/mol. The molecule has 1 aromatic heterocycles. The number of nitrogens with zero attached hydrogens (tertiary/aromatic N) is 3. The fraction of sp³-hybridized carbons (Fsp3) is 0.583. The third-order valence-corrected chi connectivity index (χ3v) is 3.68. The monoisotopic (exact) mass is 239 g/mol. The Morgan fingerprint density at radius 3 is 2.44 bits per heavy atom. The Morgan fingerprint density at radius 2 is 1.88 bits per heavy atom. The van der Waals surface area contributed by atoms with Crippen LogP contribution in [0.15, 0.2) is 24.5 Å². The maximum Gasteiger partial charge on any atom is 0.0552 e. The highest BCUT2D eigenvalue weighted by molar-refractivity contribution is 5.85. The van der Waals surface area contributed by atoms with Gasteiger partial charge < -0.3 is 9.80 Å². The van der Waals surface area contributed by atoms with Gasteiger partial charge in [-0.1, -0.05) is 0 Å². The van der Waals surface area contributed by atoms with Gasteiger partial charge in [-0.2, -0.15) is 0 Å². The van der Waals surface area contributed by atoms with E-state index in [2.05, 4.69) is 27.9 Å². The van der Waals surface area contributed by atoms with Crippen LogP contribution in [0.25, 0.3) is 0 Å². The lowest BCUT2D eigenvalue weighted by Crippen LogP contribution is -2.26. The van der Waals surface area contributed by atoms with Gasteiger partial charge in [-0.05, 0) is 31.0 Å². The molecule has 4 heteroatoms. The maximum absolute atomic E-state index is 4.19. The molecule has 3 heterocycles. The second kappa shape index (κ2) is 4.60. The van der Waals surface area contributed by atoms with Crippen molar-refractivity contribution in [1.82, 2.24) is 9.88 Å². The molecule has 0 amide bonds. The van der Waals surface area contributed by atoms with Gasteiger partial charge in [0.05, 0.1) is 11.9 Å². The minimum Gasteiger partial charge on any atom is -0.370 e. The van der Waals surface area contributed by atoms with E-state index in [1.54, 1.807) is 0 Å². The van der Waals surface area contributed by atoms with Crippen LogP contribution in [-0.2, 0) is 0 Å². The van der Waals surface area contributed by atoms with Gasteiger partial charge in [-0.15, -0.1) is 12.4 Å². The molecule has 0 radical (unpaired) electrons. The topological polar surface area (TPSA) is 19.4 Å². The number of aromatic nitrogens is 1. The quantitative estimate of drug-likeness (QED) is 0.741. The summed E-state index contributed by atoms with van der Waals surface area (Å²) in [5.41, 5.74) is 1.29. The molecule has 0 aromatic carbocycles. The van der Waals surface area contributed by atoms with Gasteiger partial charge in [0, 0.05) is 32.4 Å². The first kappa shape index (κ1) is 11.7. The summed E-state index contributed by atoms with van der Waals surface area (Å²) in [6.45, 7) is 4.95. The zero-order valence-corrected chi connectivity index (χ0v) is 10.4. The molecule has 0 bridgehead atoms. The smallest absolute Gasteiger partial charge is 0.0552 e. The lowest BCUT2D eigenvalue weighted by atomic mass is 10.0. The number of pyridine rings is 1. The van der Waals surface area contributed by atoms with Crippen LogP contribution in [0.2, 0.25) is 0 Å². The fourth-order valence-corrected chi connectivity index (χ4v) is 2.98. The standard InChI is InChI=1S/C12H17N3.ClH/c1-14-6-10-8-15(9-11(10)7-14)12-3-2-4-13-5-12;/h2-5,10-11H,6-9H2,1H3;1H/t10-,11+;. The van der Waals surface area contributed by atoms with Crippen molar-refractivity contribution in [3.05, 3.63) is 24.5 Å². The van der Waals surface area contributed by atoms with Crippen molar-refractivity contribution in [1.29, 1.82) is 0 Å². The van der Waals surface area contributed by atoms with Crippen molar-refractivity contribution in [3.8, 4) is 0 Å². The molecule has 2 fully saturated rings. The van der Waals surface area contributed by atoms with Crippen LogP contribution < -0.4 is 4.90 Å². The first-order chi connectivity index (χ1) is 7.33. The molecule has 0 N–H and O–H groups in total. The Balaban J connectivity index is 0.000000963. The number of rotatable bonds is 1. The molecule has 2 atom stereocenters. The predicted molar refractivity (Wildman–Crippen MR) is 68.2 cm³/mol. The molecule has 1 aromatic rings. The van der Waals surface area contributed by atoms with Crippen molar-refractivity contribution in [2.24, 2.45) is 11.8 Å². The molecule has 2 aliphatic heterocycles. The third-order valence-electron chi connectivity index (χ3n) is 3.68. The Labute approximate surface area is 103 Å². The van der Waals surface area contributed by atoms with Crippen molar-refractivity contribution in [2.75, 3.05) is 38.1 Å². The molecule has 0 unspecified atom stereocenters. The fourth-order valence-electron chi connectivity index (χ4n) is 2.98. The summed E-state index contributed by atoms with van der Waals surface area (Å²) in [6.07, 6.45) is 3.82. The van der Waals surface area contributed by atoms with Crippen LogP contribution in [0.1, 0.15) is 0 Å². The van der Waals surface area contributed by atoms with E-state index in [4.69, 9.17) is 0 Å². The van der Waals surface area contributed by atoms with Gasteiger partial charge in [0.2, 0.25) is 0 Å². The minimum atomic E-state index is 0. The van der Waals surface area contributed by atoms with Crippen LogP contribution in [0.3, 0.4) is 0 Å². The molecule has 16 heavy (non-hydrogen) atoms. The lowest BCUT2D eigenvalue weighted by molar-refractivity contribution is 0.387. The molecule has 2 aliphatic rings. The van der Waals surface area contributed by atoms with Crippen molar-refractivity contribution >= 4 is 18.1 Å². The van der Waals surface area contributed by atoms with Gasteiger partial charge >= 0.3 is 0 Å². The Hall–Kier alpha value is -0.800. The van der Waals surface area contributed by atoms with E-state index in [1.165, 1.54) is 31.9 Å². The van der Waals surface area contributed by atoms with Crippen LogP contribution in [0, 0.1) is 11.8 Å². The second-order valence-corrected chi connectivity index (χ2v) is 4.86. The lowest BCUT2D eigenvalue weighted by Gasteiger charge is -2.20. The van der Waals surface area contributed by atoms with Gasteiger partial charge in [0.15, 0.2) is 0 Å². The van der Waals surface area contributed by atoms with Crippen LogP contribution in [0.4, 0.5) is 5.69 Å². The van der Waals surface area contributed by atoms with E-state index < -0.39 is 0 Å². The SMILES string of the molecule is CN1C[C@@H]2CN(c3cccnc3)C[C@@H]2C1.Cl. The summed E-state index contributed by atoms with van der Waals surface area (Å²) in [7, 11) is 2.23. The maximum atomic E-state index is 4.19. The Kier molecular flexibility index (Phi) is 3.36. The first-order valence-corrected chi connectivity index (χ1v) is 5.66. The molecule has 88 valence electrons. The average molecular weight is 240 g/mol. The number of hydrogen-bond acceptors (Lipinski definition) is 3. The predicted octanol–water partition coefficient (Wildman–Crippen LogP) is 1.50. The molecule has 0 spiro atoms. The van der Waals surface area contributed by atoms with E-state index in [-0.39, 0.29) is 12.4 Å². The zero-order chi connectivity index (χ0) is 10.3. The van der Waals surface area contributed by atoms with Crippen LogP contribution in [0.5, 0.6) is 0 Å². The zero-order valence-electron chi connectivity index (χ0n) is 9.54. The number of fused-ring (bicyclic) bond motifs is 1. The second-order valence-electron chi connectivity index (χ2n) is 4.86. The van der Waals surface area contributed by atoms with Crippen LogP contribution >= 0.6 is 12.4 Å². The largest absolute Gasteiger partial charge is 0.370 e. The average Bonchev–Trinajstić information content (AvgIpc) is 2.76. The van der Waals surface area contributed by atoms with Gasteiger partial charge in [0.25, 0.3) is 0 Å². The summed E-state index contributed by atoms with van der Waals surface area (Å²) in [6, 6.07) is 4.19. The summed E-state index contributed by atoms with van der Waals surface area (Å²) in [4.78, 5) is 9.12. The van der Waals surface area contributed by atoms with Crippen molar-refractivity contribution in [2.45, 2.75) is 0 Å². The molecule has 3 rings (SSSR count). The summed E-state index contributed by atoms with van der Waals surface area (Å²) < 4.78 is 0. The number of likely N-dealkylation sites (tertiary alicyclic amines) is 1. The van der Waals surface area contributed by atoms with E-state index in [0.717, 1.165) is 11.8 Å². The highest BCUT2D eigenvalue weighted by Crippen LogP contribution is 2.32. The molecule has 2 saturated heterocycles. The Bertz CT molecular complexity index is 329. The normalized spacial score (nSPS) is 28.9. The van der Waals surface area contributed by atoms with E-state index in [0.29, 0.717) is 0 Å². The third kappa shape index (κ3) is 2.02. The molecule has 0 aliphatic carbocycles. The summed E-state index contributed by atoms with van der Waals surface area (Å²) in [5, 5.41) is 0. The van der Waals surface area contributed by atoms with Gasteiger partial charge in [-0.3, -0.25) is 4.98 Å². The number of hydrogen-bond donors (Lipinski definition) is 0. The highest BCUT2D eigenvalue weighted by atomic mass is 35.5. The number of anilines is 1. The minimum absolute atomic E-state index is 0. The van der Waals surface area contributed by atoms with Crippen molar-refractivity contribution in [3.63, 3.8) is 0 Å². The summed E-state index contributed by atoms with van der Waals surface area (Å²) in [5.74, 6) is 1.74. The van der Waals surface area contributed by atoms with Crippen molar-refractivity contribution < 1.29 is 0 Å². The van der Waals surface area contributed by atoms with Gasteiger partial charge in [0.1, 0.15) is 0 Å². The number of halogens is 1. The molecule has 3 nitrogen and oxygen atoms in total. The van der Waals surface area contributed by atoms with Crippen LogP contribution in [-0.4, -0.2) is 43.1 Å². The van der Waals surface area contributed by atoms with E-state index >= 15 is 0 Å². The van der Waals surface area contributed by atoms with E-state index in [9.17, 15) is 0 Å². The summed E-state index contributed by atoms with van der Waals surface area (Å²) >= 11 is 0. The van der Waals surface area contributed by atoms with Gasteiger partial charge in [-0.25, -0.2) is 0 Å². The molecule has 0 saturated carbocycles. The van der Waals surface area contributed by atoms with E-state index in [1.807, 2.05) is 18.5 Å². The molecular formula is C12H18ClN3.